The minimum absolute atomic E-state index is 0.106. The van der Waals surface area contributed by atoms with Crippen molar-refractivity contribution in [2.45, 2.75) is 24.3 Å². The highest BCUT2D eigenvalue weighted by Gasteiger charge is 2.13. The second-order valence-corrected chi connectivity index (χ2v) is 6.01. The predicted molar refractivity (Wildman–Crippen MR) is 76.7 cm³/mol. The highest BCUT2D eigenvalue weighted by Crippen LogP contribution is 2.14. The molecule has 0 spiro atoms. The first-order valence-electron chi connectivity index (χ1n) is 6.03. The van der Waals surface area contributed by atoms with E-state index in [0.29, 0.717) is 17.4 Å². The molecular formula is C13H20ClNO2S. The summed E-state index contributed by atoms with van der Waals surface area (Å²) in [5.74, 6) is 0.536. The zero-order chi connectivity index (χ0) is 13.4. The van der Waals surface area contributed by atoms with Crippen LogP contribution >= 0.6 is 11.6 Å². The molecule has 0 saturated carbocycles. The first-order chi connectivity index (χ1) is 8.67. The maximum Gasteiger partial charge on any atom is 0.0624 e. The van der Waals surface area contributed by atoms with Crippen LogP contribution in [0.1, 0.15) is 13.3 Å². The van der Waals surface area contributed by atoms with Gasteiger partial charge in [-0.3, -0.25) is 4.21 Å². The Hall–Kier alpha value is -0.420. The van der Waals surface area contributed by atoms with E-state index in [1.807, 2.05) is 12.1 Å². The van der Waals surface area contributed by atoms with Crippen molar-refractivity contribution in [3.8, 4) is 0 Å². The van der Waals surface area contributed by atoms with Gasteiger partial charge < -0.3 is 10.1 Å². The SMILES string of the molecule is CCCNC(COC)CS(=O)c1cccc(Cl)c1. The van der Waals surface area contributed by atoms with Crippen LogP contribution in [0.25, 0.3) is 0 Å². The van der Waals surface area contributed by atoms with Crippen LogP contribution in [0.15, 0.2) is 29.2 Å². The normalized spacial score (nSPS) is 14.4. The summed E-state index contributed by atoms with van der Waals surface area (Å²) in [6.45, 7) is 3.57. The van der Waals surface area contributed by atoms with Crippen LogP contribution in [-0.4, -0.2) is 36.3 Å². The molecule has 0 aliphatic heterocycles. The Morgan fingerprint density at radius 1 is 1.50 bits per heavy atom. The van der Waals surface area contributed by atoms with Gasteiger partial charge in [0.2, 0.25) is 0 Å². The molecule has 3 nitrogen and oxygen atoms in total. The second kappa shape index (κ2) is 8.64. The van der Waals surface area contributed by atoms with Crippen molar-refractivity contribution >= 4 is 22.4 Å². The summed E-state index contributed by atoms with van der Waals surface area (Å²) >= 11 is 5.90. The molecule has 0 heterocycles. The molecule has 0 saturated heterocycles. The zero-order valence-corrected chi connectivity index (χ0v) is 12.4. The predicted octanol–water partition coefficient (Wildman–Crippen LogP) is 2.46. The smallest absolute Gasteiger partial charge is 0.0624 e. The number of benzene rings is 1. The number of nitrogens with one attached hydrogen (secondary N) is 1. The molecule has 2 unspecified atom stereocenters. The Morgan fingerprint density at radius 3 is 2.89 bits per heavy atom. The van der Waals surface area contributed by atoms with E-state index in [4.69, 9.17) is 16.3 Å². The van der Waals surface area contributed by atoms with Crippen molar-refractivity contribution in [1.82, 2.24) is 5.32 Å². The molecule has 1 N–H and O–H groups in total. The standard InChI is InChI=1S/C13H20ClNO2S/c1-3-7-15-12(9-17-2)10-18(16)13-6-4-5-11(14)8-13/h4-6,8,12,15H,3,7,9-10H2,1-2H3. The molecule has 0 radical (unpaired) electrons. The average Bonchev–Trinajstić information content (AvgIpc) is 2.36. The molecule has 0 fully saturated rings. The van der Waals surface area contributed by atoms with Crippen LogP contribution in [0.2, 0.25) is 5.02 Å². The number of hydrogen-bond acceptors (Lipinski definition) is 3. The monoisotopic (exact) mass is 289 g/mol. The lowest BCUT2D eigenvalue weighted by molar-refractivity contribution is 0.173. The fraction of sp³-hybridized carbons (Fsp3) is 0.538. The Bertz CT molecular complexity index is 387. The number of ether oxygens (including phenoxy) is 1. The second-order valence-electron chi connectivity index (χ2n) is 4.08. The minimum Gasteiger partial charge on any atom is -0.383 e. The molecule has 1 aromatic rings. The maximum atomic E-state index is 12.2. The van der Waals surface area contributed by atoms with E-state index in [0.717, 1.165) is 17.9 Å². The summed E-state index contributed by atoms with van der Waals surface area (Å²) in [5, 5.41) is 3.95. The lowest BCUT2D eigenvalue weighted by Gasteiger charge is -2.17. The topological polar surface area (TPSA) is 38.3 Å². The van der Waals surface area contributed by atoms with E-state index in [1.54, 1.807) is 19.2 Å². The highest BCUT2D eigenvalue weighted by molar-refractivity contribution is 7.85. The van der Waals surface area contributed by atoms with Gasteiger partial charge in [-0.05, 0) is 31.2 Å². The molecule has 18 heavy (non-hydrogen) atoms. The molecule has 5 heteroatoms. The Balaban J connectivity index is 2.59. The van der Waals surface area contributed by atoms with Gasteiger partial charge in [0.25, 0.3) is 0 Å². The number of halogens is 1. The van der Waals surface area contributed by atoms with Gasteiger partial charge in [0, 0.05) is 28.8 Å². The molecule has 0 amide bonds. The molecule has 2 atom stereocenters. The molecule has 0 aliphatic rings. The molecule has 0 aliphatic carbocycles. The summed E-state index contributed by atoms with van der Waals surface area (Å²) in [5.41, 5.74) is 0. The summed E-state index contributed by atoms with van der Waals surface area (Å²) in [6.07, 6.45) is 1.05. The molecule has 1 rings (SSSR count). The van der Waals surface area contributed by atoms with Crippen molar-refractivity contribution < 1.29 is 8.95 Å². The van der Waals surface area contributed by atoms with E-state index >= 15 is 0 Å². The quantitative estimate of drug-likeness (QED) is 0.799. The van der Waals surface area contributed by atoms with Crippen LogP contribution in [0.3, 0.4) is 0 Å². The lowest BCUT2D eigenvalue weighted by atomic mass is 10.3. The van der Waals surface area contributed by atoms with Gasteiger partial charge in [0.15, 0.2) is 0 Å². The molecule has 102 valence electrons. The molecule has 0 bridgehead atoms. The summed E-state index contributed by atoms with van der Waals surface area (Å²) < 4.78 is 17.3. The third-order valence-corrected chi connectivity index (χ3v) is 4.18. The van der Waals surface area contributed by atoms with E-state index in [9.17, 15) is 4.21 Å². The number of methoxy groups -OCH3 is 1. The fourth-order valence-electron chi connectivity index (χ4n) is 1.60. The van der Waals surface area contributed by atoms with Crippen LogP contribution in [0, 0.1) is 0 Å². The van der Waals surface area contributed by atoms with Gasteiger partial charge in [-0.2, -0.15) is 0 Å². The van der Waals surface area contributed by atoms with Crippen molar-refractivity contribution in [3.05, 3.63) is 29.3 Å². The minimum atomic E-state index is -1.06. The first-order valence-corrected chi connectivity index (χ1v) is 7.73. The van der Waals surface area contributed by atoms with Crippen molar-refractivity contribution in [2.24, 2.45) is 0 Å². The van der Waals surface area contributed by atoms with Gasteiger partial charge >= 0.3 is 0 Å². The van der Waals surface area contributed by atoms with Crippen LogP contribution in [0.5, 0.6) is 0 Å². The third kappa shape index (κ3) is 5.48. The zero-order valence-electron chi connectivity index (χ0n) is 10.8. The average molecular weight is 290 g/mol. The fourth-order valence-corrected chi connectivity index (χ4v) is 3.12. The van der Waals surface area contributed by atoms with Crippen LogP contribution in [0.4, 0.5) is 0 Å². The van der Waals surface area contributed by atoms with E-state index in [1.165, 1.54) is 0 Å². The van der Waals surface area contributed by atoms with Gasteiger partial charge in [-0.1, -0.05) is 24.6 Å². The van der Waals surface area contributed by atoms with Gasteiger partial charge in [0.1, 0.15) is 0 Å². The third-order valence-electron chi connectivity index (χ3n) is 2.46. The Morgan fingerprint density at radius 2 is 2.28 bits per heavy atom. The summed E-state index contributed by atoms with van der Waals surface area (Å²) in [7, 11) is 0.600. The Kier molecular flexibility index (Phi) is 7.51. The van der Waals surface area contributed by atoms with Crippen molar-refractivity contribution in [2.75, 3.05) is 26.0 Å². The number of rotatable bonds is 8. The first kappa shape index (κ1) is 15.6. The highest BCUT2D eigenvalue weighted by atomic mass is 35.5. The summed E-state index contributed by atoms with van der Waals surface area (Å²) in [4.78, 5) is 0.766. The van der Waals surface area contributed by atoms with Gasteiger partial charge in [-0.15, -0.1) is 0 Å². The number of hydrogen-bond donors (Lipinski definition) is 1. The van der Waals surface area contributed by atoms with Crippen LogP contribution < -0.4 is 5.32 Å². The maximum absolute atomic E-state index is 12.2. The molecular weight excluding hydrogens is 270 g/mol. The van der Waals surface area contributed by atoms with E-state index in [2.05, 4.69) is 12.2 Å². The molecule has 0 aromatic heterocycles. The van der Waals surface area contributed by atoms with E-state index < -0.39 is 10.8 Å². The Labute approximate surface area is 116 Å². The van der Waals surface area contributed by atoms with Crippen molar-refractivity contribution in [3.63, 3.8) is 0 Å². The van der Waals surface area contributed by atoms with Gasteiger partial charge in [0.05, 0.1) is 17.4 Å². The van der Waals surface area contributed by atoms with Gasteiger partial charge in [-0.25, -0.2) is 0 Å². The van der Waals surface area contributed by atoms with Crippen molar-refractivity contribution in [1.29, 1.82) is 0 Å². The largest absolute Gasteiger partial charge is 0.383 e. The molecule has 1 aromatic carbocycles. The lowest BCUT2D eigenvalue weighted by Crippen LogP contribution is -2.38. The summed E-state index contributed by atoms with van der Waals surface area (Å²) in [6, 6.07) is 7.30. The van der Waals surface area contributed by atoms with Crippen LogP contribution in [-0.2, 0) is 15.5 Å². The van der Waals surface area contributed by atoms with E-state index in [-0.39, 0.29) is 6.04 Å².